The van der Waals surface area contributed by atoms with Crippen LogP contribution in [0.5, 0.6) is 0 Å². The molecule has 0 saturated heterocycles. The highest BCUT2D eigenvalue weighted by Crippen LogP contribution is 2.53. The summed E-state index contributed by atoms with van der Waals surface area (Å²) in [5.41, 5.74) is 14.8. The first kappa shape index (κ1) is 26.9. The maximum absolute atomic E-state index is 5.13. The molecular formula is C44H29N7. The quantitative estimate of drug-likeness (QED) is 0.206. The number of benzene rings is 7. The number of aromatic nitrogens is 4. The van der Waals surface area contributed by atoms with Crippen LogP contribution in [-0.2, 0) is 0 Å². The number of anilines is 5. The van der Waals surface area contributed by atoms with Crippen molar-refractivity contribution in [2.75, 3.05) is 15.1 Å². The van der Waals surface area contributed by atoms with Gasteiger partial charge in [-0.25, -0.2) is 4.98 Å². The molecule has 1 unspecified atom stereocenters. The molecule has 0 aliphatic carbocycles. The zero-order chi connectivity index (χ0) is 33.2. The summed E-state index contributed by atoms with van der Waals surface area (Å²) in [5.74, 6) is 0.907. The van der Waals surface area contributed by atoms with Crippen LogP contribution < -0.4 is 15.1 Å². The molecule has 0 spiro atoms. The Balaban J connectivity index is 1.05. The van der Waals surface area contributed by atoms with Gasteiger partial charge in [0.2, 0.25) is 5.78 Å². The van der Waals surface area contributed by atoms with E-state index in [4.69, 9.17) is 4.98 Å². The molecule has 7 aromatic carbocycles. The Morgan fingerprint density at radius 1 is 0.431 bits per heavy atom. The smallest absolute Gasteiger partial charge is 0.220 e. The zero-order valence-electron chi connectivity index (χ0n) is 27.3. The topological polar surface area (TPSA) is 45.7 Å². The van der Waals surface area contributed by atoms with Gasteiger partial charge in [-0.1, -0.05) is 72.8 Å². The molecule has 7 nitrogen and oxygen atoms in total. The monoisotopic (exact) mass is 655 g/mol. The second kappa shape index (κ2) is 9.80. The van der Waals surface area contributed by atoms with Crippen molar-refractivity contribution in [3.63, 3.8) is 0 Å². The molecule has 12 rings (SSSR count). The van der Waals surface area contributed by atoms with Crippen molar-refractivity contribution in [2.45, 2.75) is 6.29 Å². The molecule has 1 N–H and O–H groups in total. The standard InChI is InChI=1S/C44H29N7/c1-4-17-35-31(14-1)32-27-30(49-40-21-8-10-23-42(40)51-38-19-6-3-16-34(38)46-44(49)51)24-25-36(32)47(35)28-12-11-13-29(26-28)48-39-20-7-9-22-41(39)50-37-18-5-2-15-33(37)45-43(48)50/h1-27,44,46H. The van der Waals surface area contributed by atoms with Crippen LogP contribution in [0, 0.1) is 0 Å². The van der Waals surface area contributed by atoms with Gasteiger partial charge in [-0.2, -0.15) is 0 Å². The molecule has 3 aromatic heterocycles. The van der Waals surface area contributed by atoms with E-state index in [1.54, 1.807) is 0 Å². The van der Waals surface area contributed by atoms with E-state index in [1.807, 2.05) is 0 Å². The van der Waals surface area contributed by atoms with Gasteiger partial charge >= 0.3 is 0 Å². The molecule has 2 aliphatic rings. The van der Waals surface area contributed by atoms with Gasteiger partial charge in [-0.15, -0.1) is 0 Å². The van der Waals surface area contributed by atoms with E-state index in [1.165, 1.54) is 33.4 Å². The van der Waals surface area contributed by atoms with E-state index in [0.717, 1.165) is 56.1 Å². The lowest BCUT2D eigenvalue weighted by Crippen LogP contribution is -2.40. The molecule has 7 heteroatoms. The molecule has 240 valence electrons. The summed E-state index contributed by atoms with van der Waals surface area (Å²) in [7, 11) is 0. The van der Waals surface area contributed by atoms with Crippen molar-refractivity contribution in [3.8, 4) is 11.4 Å². The molecule has 51 heavy (non-hydrogen) atoms. The van der Waals surface area contributed by atoms with Crippen molar-refractivity contribution < 1.29 is 0 Å². The Hall–Kier alpha value is -6.99. The van der Waals surface area contributed by atoms with E-state index >= 15 is 0 Å². The molecule has 5 heterocycles. The van der Waals surface area contributed by atoms with Gasteiger partial charge in [0.1, 0.15) is 0 Å². The van der Waals surface area contributed by atoms with E-state index in [-0.39, 0.29) is 6.29 Å². The van der Waals surface area contributed by atoms with Gasteiger partial charge in [-0.05, 0) is 91.0 Å². The van der Waals surface area contributed by atoms with Crippen LogP contribution in [0.4, 0.5) is 28.4 Å². The molecular weight excluding hydrogens is 627 g/mol. The van der Waals surface area contributed by atoms with Crippen LogP contribution in [0.25, 0.3) is 61.0 Å². The van der Waals surface area contributed by atoms with Crippen LogP contribution in [0.15, 0.2) is 164 Å². The largest absolute Gasteiger partial charge is 0.346 e. The predicted molar refractivity (Wildman–Crippen MR) is 208 cm³/mol. The molecule has 10 aromatic rings. The molecule has 0 radical (unpaired) electrons. The molecule has 2 aliphatic heterocycles. The number of fused-ring (bicyclic) bond motifs is 13. The number of hydrogen-bond acceptors (Lipinski definition) is 4. The summed E-state index contributed by atoms with van der Waals surface area (Å²) in [6, 6.07) is 58.7. The molecule has 0 amide bonds. The van der Waals surface area contributed by atoms with Crippen LogP contribution in [0.1, 0.15) is 0 Å². The summed E-state index contributed by atoms with van der Waals surface area (Å²) in [6.45, 7) is 0. The minimum absolute atomic E-state index is 0.0465. The van der Waals surface area contributed by atoms with Gasteiger partial charge in [-0.3, -0.25) is 13.9 Å². The SMILES string of the molecule is c1cc(-n2c3ccccc3c3cc(N4c5ccccc5N5c6ccccc6NC45)ccc32)cc(-n2c3ccccc3n3c4ccccc4nc23)c1. The second-order valence-corrected chi connectivity index (χ2v) is 13.4. The minimum Gasteiger partial charge on any atom is -0.346 e. The maximum atomic E-state index is 5.13. The Labute approximate surface area is 292 Å². The second-order valence-electron chi connectivity index (χ2n) is 13.4. The van der Waals surface area contributed by atoms with E-state index in [0.29, 0.717) is 0 Å². The third-order valence-electron chi connectivity index (χ3n) is 10.7. The van der Waals surface area contributed by atoms with Gasteiger partial charge in [0, 0.05) is 22.1 Å². The van der Waals surface area contributed by atoms with Crippen LogP contribution in [0.3, 0.4) is 0 Å². The first-order valence-electron chi connectivity index (χ1n) is 17.4. The van der Waals surface area contributed by atoms with Crippen LogP contribution in [0.2, 0.25) is 0 Å². The van der Waals surface area contributed by atoms with Gasteiger partial charge < -0.3 is 14.8 Å². The van der Waals surface area contributed by atoms with Gasteiger partial charge in [0.05, 0.1) is 61.5 Å². The Kier molecular flexibility index (Phi) is 5.17. The molecule has 0 saturated carbocycles. The Morgan fingerprint density at radius 3 is 1.94 bits per heavy atom. The third-order valence-corrected chi connectivity index (χ3v) is 10.7. The van der Waals surface area contributed by atoms with Crippen molar-refractivity contribution in [2.24, 2.45) is 0 Å². The predicted octanol–water partition coefficient (Wildman–Crippen LogP) is 10.5. The summed E-state index contributed by atoms with van der Waals surface area (Å²) in [4.78, 5) is 9.97. The number of nitrogens with zero attached hydrogens (tertiary/aromatic N) is 6. The zero-order valence-corrected chi connectivity index (χ0v) is 27.3. The average Bonchev–Trinajstić information content (AvgIpc) is 3.97. The lowest BCUT2D eigenvalue weighted by molar-refractivity contribution is 0.809. The highest BCUT2D eigenvalue weighted by molar-refractivity contribution is 6.11. The highest BCUT2D eigenvalue weighted by atomic mass is 15.5. The van der Waals surface area contributed by atoms with E-state index in [9.17, 15) is 0 Å². The fourth-order valence-electron chi connectivity index (χ4n) is 8.63. The fourth-order valence-corrected chi connectivity index (χ4v) is 8.63. The number of nitrogens with one attached hydrogen (secondary N) is 1. The van der Waals surface area contributed by atoms with Crippen LogP contribution in [-0.4, -0.2) is 24.8 Å². The highest BCUT2D eigenvalue weighted by Gasteiger charge is 2.42. The van der Waals surface area contributed by atoms with Crippen molar-refractivity contribution >= 4 is 78.1 Å². The normalized spacial score (nSPS) is 14.9. The number of imidazole rings is 2. The number of para-hydroxylation sites is 9. The third kappa shape index (κ3) is 3.54. The summed E-state index contributed by atoms with van der Waals surface area (Å²) < 4.78 is 6.96. The number of rotatable bonds is 3. The average molecular weight is 656 g/mol. The Bertz CT molecular complexity index is 3050. The van der Waals surface area contributed by atoms with Crippen molar-refractivity contribution in [1.29, 1.82) is 0 Å². The number of hydrogen-bond donors (Lipinski definition) is 1. The van der Waals surface area contributed by atoms with Crippen LogP contribution >= 0.6 is 0 Å². The first-order chi connectivity index (χ1) is 25.3. The van der Waals surface area contributed by atoms with E-state index < -0.39 is 0 Å². The summed E-state index contributed by atoms with van der Waals surface area (Å²) in [6.07, 6.45) is -0.0465. The van der Waals surface area contributed by atoms with Crippen molar-refractivity contribution in [3.05, 3.63) is 164 Å². The summed E-state index contributed by atoms with van der Waals surface area (Å²) >= 11 is 0. The Morgan fingerprint density at radius 2 is 1.08 bits per heavy atom. The van der Waals surface area contributed by atoms with Gasteiger partial charge in [0.25, 0.3) is 0 Å². The van der Waals surface area contributed by atoms with E-state index in [2.05, 4.69) is 192 Å². The molecule has 1 atom stereocenters. The fraction of sp³-hybridized carbons (Fsp3) is 0.0227. The van der Waals surface area contributed by atoms with Gasteiger partial charge in [0.15, 0.2) is 6.29 Å². The molecule has 0 bridgehead atoms. The van der Waals surface area contributed by atoms with Crippen molar-refractivity contribution in [1.82, 2.24) is 18.5 Å². The first-order valence-corrected chi connectivity index (χ1v) is 17.4. The molecule has 0 fully saturated rings. The summed E-state index contributed by atoms with van der Waals surface area (Å²) in [5, 5.41) is 6.24. The lowest BCUT2D eigenvalue weighted by atomic mass is 10.1. The maximum Gasteiger partial charge on any atom is 0.220 e. The lowest BCUT2D eigenvalue weighted by Gasteiger charge is -2.28. The minimum atomic E-state index is -0.0465.